The van der Waals surface area contributed by atoms with Gasteiger partial charge >= 0.3 is 5.97 Å². The number of oxazole rings is 1. The van der Waals surface area contributed by atoms with Crippen LogP contribution < -0.4 is 10.3 Å². The number of carboxylic acid groups (broad SMARTS) is 1. The summed E-state index contributed by atoms with van der Waals surface area (Å²) in [7, 11) is 0. The number of halogens is 2. The van der Waals surface area contributed by atoms with Crippen molar-refractivity contribution in [3.8, 4) is 34.4 Å². The van der Waals surface area contributed by atoms with Crippen LogP contribution in [-0.4, -0.2) is 37.2 Å². The quantitative estimate of drug-likeness (QED) is 0.199. The van der Waals surface area contributed by atoms with E-state index in [0.29, 0.717) is 38.1 Å². The fraction of sp³-hybridized carbons (Fsp3) is 0.133. The van der Waals surface area contributed by atoms with E-state index in [4.69, 9.17) is 32.4 Å². The first-order valence-corrected chi connectivity index (χ1v) is 14.4. The third kappa shape index (κ3) is 4.99. The van der Waals surface area contributed by atoms with Crippen LogP contribution in [0, 0.1) is 25.2 Å². The molecule has 6 rings (SSSR count). The first-order chi connectivity index (χ1) is 20.7. The molecule has 0 saturated carbocycles. The lowest BCUT2D eigenvalue weighted by Gasteiger charge is -2.16. The molecule has 214 valence electrons. The number of rotatable bonds is 7. The minimum atomic E-state index is -1.06. The van der Waals surface area contributed by atoms with Crippen LogP contribution in [-0.2, 0) is 6.54 Å². The monoisotopic (exact) mass is 631 g/mol. The number of hydrogen-bond donors (Lipinski definition) is 1. The Kier molecular flexibility index (Phi) is 7.35. The summed E-state index contributed by atoms with van der Waals surface area (Å²) in [6.07, 6.45) is 2.78. The lowest BCUT2D eigenvalue weighted by Crippen LogP contribution is -2.27. The molecular formula is C30H19Cl2N5O5S. The number of nitrogens with zero attached hydrogens (tertiary/aromatic N) is 5. The predicted molar refractivity (Wildman–Crippen MR) is 163 cm³/mol. The molecule has 1 N–H and O–H groups in total. The molecule has 4 aromatic heterocycles. The summed E-state index contributed by atoms with van der Waals surface area (Å²) in [5.74, 6) is -0.0449. The molecule has 0 saturated heterocycles. The minimum absolute atomic E-state index is 0.0193. The second kappa shape index (κ2) is 11.1. The Morgan fingerprint density at radius 3 is 2.72 bits per heavy atom. The number of nitriles is 1. The number of pyridine rings is 1. The number of aromatic carboxylic acids is 1. The molecule has 10 nitrogen and oxygen atoms in total. The van der Waals surface area contributed by atoms with E-state index in [0.717, 1.165) is 5.56 Å². The number of ether oxygens (including phenoxy) is 1. The zero-order valence-electron chi connectivity index (χ0n) is 22.5. The van der Waals surface area contributed by atoms with E-state index >= 15 is 0 Å². The summed E-state index contributed by atoms with van der Waals surface area (Å²) in [6.45, 7) is 3.66. The Bertz CT molecular complexity index is 2180. The number of thiophene rings is 1. The molecule has 0 atom stereocenters. The van der Waals surface area contributed by atoms with Gasteiger partial charge in [0, 0.05) is 27.2 Å². The normalized spacial score (nSPS) is 11.2. The van der Waals surface area contributed by atoms with Crippen LogP contribution in [0.4, 0.5) is 0 Å². The van der Waals surface area contributed by atoms with Gasteiger partial charge in [0.25, 0.3) is 5.56 Å². The Morgan fingerprint density at radius 2 is 2.00 bits per heavy atom. The van der Waals surface area contributed by atoms with Gasteiger partial charge in [0.2, 0.25) is 5.89 Å². The average molecular weight is 632 g/mol. The third-order valence-electron chi connectivity index (χ3n) is 6.83. The molecule has 0 radical (unpaired) electrons. The highest BCUT2D eigenvalue weighted by Crippen LogP contribution is 2.40. The van der Waals surface area contributed by atoms with Crippen LogP contribution in [0.3, 0.4) is 0 Å². The molecule has 6 aromatic rings. The topological polar surface area (TPSA) is 144 Å². The number of carboxylic acids is 1. The molecule has 0 bridgehead atoms. The largest absolute Gasteiger partial charge is 0.491 e. The second-order valence-electron chi connectivity index (χ2n) is 9.50. The highest BCUT2D eigenvalue weighted by molar-refractivity contribution is 7.18. The fourth-order valence-electron chi connectivity index (χ4n) is 4.96. The Balaban J connectivity index is 1.38. The zero-order valence-corrected chi connectivity index (χ0v) is 24.8. The molecule has 0 spiro atoms. The van der Waals surface area contributed by atoms with E-state index in [1.54, 1.807) is 37.4 Å². The first-order valence-electron chi connectivity index (χ1n) is 12.8. The SMILES string of the molecule is Cc1cc(-c2cc(Cl)ccc2OCCn2c(C)nc3cc(Cl)c(-c4ncco4)c(C#N)c3c2=O)c2scc(C(=O)O)c2n1. The molecular weight excluding hydrogens is 613 g/mol. The lowest BCUT2D eigenvalue weighted by atomic mass is 10.0. The van der Waals surface area contributed by atoms with Gasteiger partial charge in [-0.3, -0.25) is 14.3 Å². The number of carbonyl (C=O) groups is 1. The second-order valence-corrected chi connectivity index (χ2v) is 11.2. The molecule has 4 heterocycles. The molecule has 0 fully saturated rings. The van der Waals surface area contributed by atoms with Crippen molar-refractivity contribution in [2.45, 2.75) is 20.4 Å². The van der Waals surface area contributed by atoms with Crippen LogP contribution in [0.25, 0.3) is 43.7 Å². The minimum Gasteiger partial charge on any atom is -0.491 e. The third-order valence-corrected chi connectivity index (χ3v) is 8.37. The van der Waals surface area contributed by atoms with Gasteiger partial charge in [-0.1, -0.05) is 23.2 Å². The number of hydrogen-bond acceptors (Lipinski definition) is 9. The van der Waals surface area contributed by atoms with Crippen molar-refractivity contribution in [3.05, 3.63) is 91.2 Å². The number of aromatic nitrogens is 4. The van der Waals surface area contributed by atoms with Crippen molar-refractivity contribution in [3.63, 3.8) is 0 Å². The molecule has 0 aliphatic carbocycles. The maximum Gasteiger partial charge on any atom is 0.338 e. The molecule has 2 aromatic carbocycles. The summed E-state index contributed by atoms with van der Waals surface area (Å²) in [4.78, 5) is 38.6. The molecule has 0 unspecified atom stereocenters. The van der Waals surface area contributed by atoms with Gasteiger partial charge in [0.15, 0.2) is 0 Å². The van der Waals surface area contributed by atoms with Gasteiger partial charge in [0.05, 0.1) is 55.6 Å². The molecule has 13 heteroatoms. The van der Waals surface area contributed by atoms with Crippen molar-refractivity contribution in [1.29, 1.82) is 5.26 Å². The van der Waals surface area contributed by atoms with Crippen molar-refractivity contribution in [2.75, 3.05) is 6.61 Å². The Labute approximate surface area is 257 Å². The lowest BCUT2D eigenvalue weighted by molar-refractivity contribution is 0.0699. The van der Waals surface area contributed by atoms with Crippen LogP contribution in [0.1, 0.15) is 27.4 Å². The fourth-order valence-corrected chi connectivity index (χ4v) is 6.43. The van der Waals surface area contributed by atoms with Crippen LogP contribution in [0.15, 0.2) is 57.4 Å². The van der Waals surface area contributed by atoms with E-state index in [1.807, 2.05) is 6.07 Å². The maximum atomic E-state index is 13.7. The predicted octanol–water partition coefficient (Wildman–Crippen LogP) is 6.90. The van der Waals surface area contributed by atoms with E-state index in [9.17, 15) is 20.0 Å². The van der Waals surface area contributed by atoms with Gasteiger partial charge in [-0.2, -0.15) is 5.26 Å². The summed E-state index contributed by atoms with van der Waals surface area (Å²) >= 11 is 14.1. The Morgan fingerprint density at radius 1 is 1.19 bits per heavy atom. The highest BCUT2D eigenvalue weighted by Gasteiger charge is 2.23. The number of benzene rings is 2. The molecule has 0 aliphatic rings. The first kappa shape index (κ1) is 28.4. The van der Waals surface area contributed by atoms with Crippen LogP contribution in [0.5, 0.6) is 5.75 Å². The molecule has 0 amide bonds. The summed E-state index contributed by atoms with van der Waals surface area (Å²) in [6, 6.07) is 10.6. The summed E-state index contributed by atoms with van der Waals surface area (Å²) < 4.78 is 13.7. The molecule has 0 aliphatic heterocycles. The van der Waals surface area contributed by atoms with Crippen molar-refractivity contribution in [1.82, 2.24) is 19.5 Å². The Hall–Kier alpha value is -4.76. The van der Waals surface area contributed by atoms with E-state index in [2.05, 4.69) is 21.0 Å². The van der Waals surface area contributed by atoms with Crippen LogP contribution in [0.2, 0.25) is 10.0 Å². The maximum absolute atomic E-state index is 13.7. The standard InChI is InChI=1S/C30H19Cl2N5O5S/c1-14-9-18(27-26(35-14)20(13-43-27)30(39)40)17-10-16(31)3-4-23(17)41-8-6-37-15(2)36-22-11-21(32)24(28-34-5-7-42-28)19(12-33)25(22)29(37)38/h3-5,7,9-11,13H,6,8H2,1-2H3,(H,39,40). The highest BCUT2D eigenvalue weighted by atomic mass is 35.5. The van der Waals surface area contributed by atoms with Crippen LogP contribution >= 0.6 is 34.5 Å². The van der Waals surface area contributed by atoms with Gasteiger partial charge in [-0.05, 0) is 44.2 Å². The van der Waals surface area contributed by atoms with Gasteiger partial charge < -0.3 is 14.3 Å². The van der Waals surface area contributed by atoms with E-state index in [1.165, 1.54) is 34.4 Å². The summed E-state index contributed by atoms with van der Waals surface area (Å²) in [5, 5.41) is 22.0. The van der Waals surface area contributed by atoms with Crippen molar-refractivity contribution >= 4 is 61.6 Å². The van der Waals surface area contributed by atoms with Gasteiger partial charge in [-0.25, -0.2) is 14.8 Å². The summed E-state index contributed by atoms with van der Waals surface area (Å²) in [5.41, 5.74) is 2.61. The zero-order chi connectivity index (χ0) is 30.4. The van der Waals surface area contributed by atoms with Gasteiger partial charge in [0.1, 0.15) is 30.5 Å². The van der Waals surface area contributed by atoms with Crippen molar-refractivity contribution < 1.29 is 19.1 Å². The van der Waals surface area contributed by atoms with E-state index < -0.39 is 11.5 Å². The van der Waals surface area contributed by atoms with Crippen molar-refractivity contribution in [2.24, 2.45) is 0 Å². The molecule has 43 heavy (non-hydrogen) atoms. The average Bonchev–Trinajstić information content (AvgIpc) is 3.65. The number of aryl methyl sites for hydroxylation is 2. The smallest absolute Gasteiger partial charge is 0.338 e. The van der Waals surface area contributed by atoms with E-state index in [-0.39, 0.29) is 51.7 Å². The number of fused-ring (bicyclic) bond motifs is 2. The van der Waals surface area contributed by atoms with Gasteiger partial charge in [-0.15, -0.1) is 11.3 Å².